The highest BCUT2D eigenvalue weighted by molar-refractivity contribution is 5.26. The van der Waals surface area contributed by atoms with Crippen molar-refractivity contribution in [2.24, 2.45) is 5.41 Å². The Hall–Kier alpha value is -0.830. The third-order valence-corrected chi connectivity index (χ3v) is 3.23. The van der Waals surface area contributed by atoms with Crippen LogP contribution in [0.15, 0.2) is 0 Å². The fourth-order valence-electron chi connectivity index (χ4n) is 2.06. The van der Waals surface area contributed by atoms with E-state index in [1.54, 1.807) is 0 Å². The molecule has 1 unspecified atom stereocenters. The van der Waals surface area contributed by atoms with Gasteiger partial charge in [-0.2, -0.15) is 5.10 Å². The van der Waals surface area contributed by atoms with Gasteiger partial charge >= 0.3 is 0 Å². The van der Waals surface area contributed by atoms with Crippen molar-refractivity contribution in [1.82, 2.24) is 9.78 Å². The van der Waals surface area contributed by atoms with Crippen LogP contribution < -0.4 is 0 Å². The summed E-state index contributed by atoms with van der Waals surface area (Å²) in [4.78, 5) is 0. The molecule has 0 fully saturated rings. The van der Waals surface area contributed by atoms with E-state index in [9.17, 15) is 5.11 Å². The van der Waals surface area contributed by atoms with Gasteiger partial charge in [0.15, 0.2) is 0 Å². The van der Waals surface area contributed by atoms with Gasteiger partial charge in [0.25, 0.3) is 0 Å². The summed E-state index contributed by atoms with van der Waals surface area (Å²) < 4.78 is 2.04. The second-order valence-corrected chi connectivity index (χ2v) is 6.04. The number of nitrogens with zero attached hydrogens (tertiary/aromatic N) is 2. The van der Waals surface area contributed by atoms with E-state index in [0.717, 1.165) is 36.3 Å². The average Bonchev–Trinajstić information content (AvgIpc) is 2.49. The Bertz CT molecular complexity index is 374. The molecular weight excluding hydrogens is 212 g/mol. The molecule has 0 saturated carbocycles. The van der Waals surface area contributed by atoms with Crippen LogP contribution in [0.5, 0.6) is 0 Å². The SMILES string of the molecule is CCC(O)c1c(C)nn(CCC(C)(C)C)c1C. The third kappa shape index (κ3) is 3.56. The van der Waals surface area contributed by atoms with Gasteiger partial charge in [0.2, 0.25) is 0 Å². The van der Waals surface area contributed by atoms with E-state index in [0.29, 0.717) is 5.41 Å². The Balaban J connectivity index is 2.89. The molecule has 0 aromatic carbocycles. The summed E-state index contributed by atoms with van der Waals surface area (Å²) in [5.41, 5.74) is 3.41. The van der Waals surface area contributed by atoms with E-state index in [1.807, 2.05) is 18.5 Å². The Morgan fingerprint density at radius 3 is 2.35 bits per heavy atom. The van der Waals surface area contributed by atoms with E-state index in [4.69, 9.17) is 0 Å². The zero-order valence-electron chi connectivity index (χ0n) is 12.0. The van der Waals surface area contributed by atoms with Gasteiger partial charge < -0.3 is 5.11 Å². The van der Waals surface area contributed by atoms with Crippen LogP contribution in [0.2, 0.25) is 0 Å². The molecular formula is C14H26N2O. The average molecular weight is 238 g/mol. The van der Waals surface area contributed by atoms with Crippen LogP contribution in [0.3, 0.4) is 0 Å². The van der Waals surface area contributed by atoms with Gasteiger partial charge in [-0.3, -0.25) is 4.68 Å². The number of aryl methyl sites for hydroxylation is 2. The minimum atomic E-state index is -0.376. The molecule has 0 aliphatic rings. The highest BCUT2D eigenvalue weighted by Gasteiger charge is 2.18. The van der Waals surface area contributed by atoms with Crippen LogP contribution in [0, 0.1) is 19.3 Å². The molecule has 1 aromatic rings. The van der Waals surface area contributed by atoms with Crippen molar-refractivity contribution in [3.8, 4) is 0 Å². The minimum absolute atomic E-state index is 0.315. The van der Waals surface area contributed by atoms with Gasteiger partial charge in [-0.15, -0.1) is 0 Å². The molecule has 0 saturated heterocycles. The standard InChI is InChI=1S/C14H26N2O/c1-7-12(17)13-10(2)15-16(11(13)3)9-8-14(4,5)6/h12,17H,7-9H2,1-6H3. The van der Waals surface area contributed by atoms with Crippen LogP contribution in [0.25, 0.3) is 0 Å². The molecule has 3 nitrogen and oxygen atoms in total. The predicted octanol–water partition coefficient (Wildman–Crippen LogP) is 3.38. The van der Waals surface area contributed by atoms with E-state index in [2.05, 4.69) is 32.8 Å². The van der Waals surface area contributed by atoms with Gasteiger partial charge in [0.05, 0.1) is 11.8 Å². The summed E-state index contributed by atoms with van der Waals surface area (Å²) in [7, 11) is 0. The first-order chi connectivity index (χ1) is 7.76. The summed E-state index contributed by atoms with van der Waals surface area (Å²) >= 11 is 0. The van der Waals surface area contributed by atoms with E-state index in [1.165, 1.54) is 0 Å². The van der Waals surface area contributed by atoms with Gasteiger partial charge in [0, 0.05) is 17.8 Å². The summed E-state index contributed by atoms with van der Waals surface area (Å²) in [6.07, 6.45) is 1.46. The maximum Gasteiger partial charge on any atom is 0.0823 e. The molecule has 3 heteroatoms. The number of hydrogen-bond acceptors (Lipinski definition) is 2. The quantitative estimate of drug-likeness (QED) is 0.873. The zero-order chi connectivity index (χ0) is 13.2. The Morgan fingerprint density at radius 2 is 1.88 bits per heavy atom. The lowest BCUT2D eigenvalue weighted by Gasteiger charge is -2.18. The van der Waals surface area contributed by atoms with Gasteiger partial charge in [-0.25, -0.2) is 0 Å². The summed E-state index contributed by atoms with van der Waals surface area (Å²) in [5, 5.41) is 14.5. The zero-order valence-corrected chi connectivity index (χ0v) is 12.0. The van der Waals surface area contributed by atoms with Crippen LogP contribution in [-0.2, 0) is 6.54 Å². The van der Waals surface area contributed by atoms with Crippen molar-refractivity contribution in [1.29, 1.82) is 0 Å². The Morgan fingerprint density at radius 1 is 1.29 bits per heavy atom. The molecule has 0 aliphatic carbocycles. The first-order valence-corrected chi connectivity index (χ1v) is 6.48. The van der Waals surface area contributed by atoms with Crippen molar-refractivity contribution in [2.45, 2.75) is 67.0 Å². The molecule has 0 aliphatic heterocycles. The lowest BCUT2D eigenvalue weighted by atomic mass is 9.92. The summed E-state index contributed by atoms with van der Waals surface area (Å²) in [5.74, 6) is 0. The Kier molecular flexibility index (Phi) is 4.36. The molecule has 1 atom stereocenters. The molecule has 1 heterocycles. The van der Waals surface area contributed by atoms with Gasteiger partial charge in [-0.05, 0) is 32.1 Å². The second kappa shape index (κ2) is 5.21. The van der Waals surface area contributed by atoms with Gasteiger partial charge in [-0.1, -0.05) is 27.7 Å². The highest BCUT2D eigenvalue weighted by atomic mass is 16.3. The number of aliphatic hydroxyl groups excluding tert-OH is 1. The van der Waals surface area contributed by atoms with E-state index in [-0.39, 0.29) is 6.10 Å². The maximum absolute atomic E-state index is 9.98. The van der Waals surface area contributed by atoms with Crippen molar-refractivity contribution in [3.63, 3.8) is 0 Å². The fourth-order valence-corrected chi connectivity index (χ4v) is 2.06. The third-order valence-electron chi connectivity index (χ3n) is 3.23. The summed E-state index contributed by atoms with van der Waals surface area (Å²) in [6, 6.07) is 0. The normalized spacial score (nSPS) is 14.1. The number of aliphatic hydroxyl groups is 1. The predicted molar refractivity (Wildman–Crippen MR) is 71.0 cm³/mol. The fraction of sp³-hybridized carbons (Fsp3) is 0.786. The van der Waals surface area contributed by atoms with Crippen LogP contribution in [-0.4, -0.2) is 14.9 Å². The lowest BCUT2D eigenvalue weighted by Crippen LogP contribution is -2.12. The largest absolute Gasteiger partial charge is 0.388 e. The minimum Gasteiger partial charge on any atom is -0.388 e. The molecule has 1 aromatic heterocycles. The molecule has 1 rings (SSSR count). The van der Waals surface area contributed by atoms with Crippen LogP contribution >= 0.6 is 0 Å². The smallest absolute Gasteiger partial charge is 0.0823 e. The number of hydrogen-bond donors (Lipinski definition) is 1. The van der Waals surface area contributed by atoms with Gasteiger partial charge in [0.1, 0.15) is 0 Å². The Labute approximate surface area is 105 Å². The van der Waals surface area contributed by atoms with E-state index < -0.39 is 0 Å². The molecule has 0 radical (unpaired) electrons. The van der Waals surface area contributed by atoms with Crippen LogP contribution in [0.4, 0.5) is 0 Å². The topological polar surface area (TPSA) is 38.1 Å². The molecule has 0 spiro atoms. The van der Waals surface area contributed by atoms with Crippen LogP contribution in [0.1, 0.15) is 63.6 Å². The first-order valence-electron chi connectivity index (χ1n) is 6.48. The highest BCUT2D eigenvalue weighted by Crippen LogP contribution is 2.25. The molecule has 98 valence electrons. The van der Waals surface area contributed by atoms with Crippen molar-refractivity contribution in [3.05, 3.63) is 17.0 Å². The maximum atomic E-state index is 9.98. The van der Waals surface area contributed by atoms with E-state index >= 15 is 0 Å². The molecule has 1 N–H and O–H groups in total. The molecule has 0 bridgehead atoms. The lowest BCUT2D eigenvalue weighted by molar-refractivity contribution is 0.172. The monoisotopic (exact) mass is 238 g/mol. The second-order valence-electron chi connectivity index (χ2n) is 6.04. The van der Waals surface area contributed by atoms with Crippen molar-refractivity contribution >= 4 is 0 Å². The molecule has 0 amide bonds. The summed E-state index contributed by atoms with van der Waals surface area (Å²) in [6.45, 7) is 13.7. The van der Waals surface area contributed by atoms with Crippen molar-refractivity contribution in [2.75, 3.05) is 0 Å². The molecule has 17 heavy (non-hydrogen) atoms. The van der Waals surface area contributed by atoms with Crippen molar-refractivity contribution < 1.29 is 5.11 Å². The number of aromatic nitrogens is 2. The first kappa shape index (κ1) is 14.2. The number of rotatable bonds is 4.